The van der Waals surface area contributed by atoms with Gasteiger partial charge in [0, 0.05) is 24.8 Å². The lowest BCUT2D eigenvalue weighted by molar-refractivity contribution is 0.0952. The van der Waals surface area contributed by atoms with Gasteiger partial charge in [-0.15, -0.1) is 5.10 Å². The zero-order valence-electron chi connectivity index (χ0n) is 13.8. The van der Waals surface area contributed by atoms with Gasteiger partial charge in [-0.3, -0.25) is 4.79 Å². The van der Waals surface area contributed by atoms with E-state index in [0.717, 1.165) is 31.1 Å². The largest absolute Gasteiger partial charge is 0.413 e. The molecule has 130 valence electrons. The van der Waals surface area contributed by atoms with E-state index in [-0.39, 0.29) is 11.1 Å². The van der Waals surface area contributed by atoms with E-state index in [4.69, 9.17) is 4.42 Å². The van der Waals surface area contributed by atoms with Crippen molar-refractivity contribution in [2.24, 2.45) is 0 Å². The molecule has 1 amide bonds. The van der Waals surface area contributed by atoms with Crippen LogP contribution in [0.5, 0.6) is 0 Å². The molecule has 1 heterocycles. The van der Waals surface area contributed by atoms with E-state index in [9.17, 15) is 13.2 Å². The van der Waals surface area contributed by atoms with E-state index in [2.05, 4.69) is 15.5 Å². The third-order valence-corrected chi connectivity index (χ3v) is 4.31. The number of aryl methyl sites for hydroxylation is 2. The van der Waals surface area contributed by atoms with Gasteiger partial charge in [0.15, 0.2) is 0 Å². The molecule has 0 spiro atoms. The molecule has 1 N–H and O–H groups in total. The first-order chi connectivity index (χ1) is 11.4. The standard InChI is InChI=1S/C16H21N3O4S/c1-12-8-5-6-9-13(12)15(20)17-11-7-3-4-10-14-18-19-16(23-14)24(2,21)22/h5-6,8-9H,3-4,7,10-11H2,1-2H3,(H,17,20). The molecule has 0 aliphatic carbocycles. The van der Waals surface area contributed by atoms with Crippen molar-refractivity contribution in [2.75, 3.05) is 12.8 Å². The Morgan fingerprint density at radius 1 is 1.17 bits per heavy atom. The van der Waals surface area contributed by atoms with Gasteiger partial charge in [0.25, 0.3) is 5.91 Å². The fourth-order valence-corrected chi connectivity index (χ4v) is 2.63. The molecule has 7 nitrogen and oxygen atoms in total. The average molecular weight is 351 g/mol. The molecular formula is C16H21N3O4S. The number of carbonyl (C=O) groups is 1. The number of benzene rings is 1. The van der Waals surface area contributed by atoms with Crippen LogP contribution >= 0.6 is 0 Å². The Kier molecular flexibility index (Phi) is 6.08. The quantitative estimate of drug-likeness (QED) is 0.729. The van der Waals surface area contributed by atoms with Crippen LogP contribution in [-0.2, 0) is 16.3 Å². The highest BCUT2D eigenvalue weighted by atomic mass is 32.2. The number of carbonyl (C=O) groups excluding carboxylic acids is 1. The molecule has 0 atom stereocenters. The van der Waals surface area contributed by atoms with Gasteiger partial charge >= 0.3 is 5.22 Å². The fraction of sp³-hybridized carbons (Fsp3) is 0.438. The van der Waals surface area contributed by atoms with Crippen LogP contribution in [0.25, 0.3) is 0 Å². The van der Waals surface area contributed by atoms with Crippen LogP contribution in [0, 0.1) is 6.92 Å². The maximum absolute atomic E-state index is 12.0. The molecular weight excluding hydrogens is 330 g/mol. The Bertz CT molecular complexity index is 799. The summed E-state index contributed by atoms with van der Waals surface area (Å²) in [7, 11) is -3.45. The molecule has 0 saturated heterocycles. The summed E-state index contributed by atoms with van der Waals surface area (Å²) in [6, 6.07) is 7.46. The smallest absolute Gasteiger partial charge is 0.335 e. The lowest BCUT2D eigenvalue weighted by Gasteiger charge is -2.07. The molecule has 0 saturated carbocycles. The van der Waals surface area contributed by atoms with Gasteiger partial charge in [-0.1, -0.05) is 29.7 Å². The van der Waals surface area contributed by atoms with Crippen molar-refractivity contribution < 1.29 is 17.6 Å². The predicted molar refractivity (Wildman–Crippen MR) is 88.5 cm³/mol. The molecule has 0 bridgehead atoms. The molecule has 1 aromatic heterocycles. The van der Waals surface area contributed by atoms with Crippen molar-refractivity contribution >= 4 is 15.7 Å². The maximum Gasteiger partial charge on any atom is 0.335 e. The van der Waals surface area contributed by atoms with Crippen molar-refractivity contribution in [1.29, 1.82) is 0 Å². The van der Waals surface area contributed by atoms with E-state index in [1.165, 1.54) is 0 Å². The molecule has 0 aliphatic heterocycles. The minimum atomic E-state index is -3.45. The zero-order chi connectivity index (χ0) is 17.6. The van der Waals surface area contributed by atoms with Crippen LogP contribution in [-0.4, -0.2) is 37.3 Å². The second kappa shape index (κ2) is 8.05. The summed E-state index contributed by atoms with van der Waals surface area (Å²) in [4.78, 5) is 12.0. The first-order valence-electron chi connectivity index (χ1n) is 7.74. The van der Waals surface area contributed by atoms with Gasteiger partial charge < -0.3 is 9.73 Å². The van der Waals surface area contributed by atoms with E-state index in [0.29, 0.717) is 24.4 Å². The summed E-state index contributed by atoms with van der Waals surface area (Å²) in [6.45, 7) is 2.50. The van der Waals surface area contributed by atoms with E-state index in [1.54, 1.807) is 6.07 Å². The second-order valence-electron chi connectivity index (χ2n) is 5.62. The maximum atomic E-state index is 12.0. The summed E-state index contributed by atoms with van der Waals surface area (Å²) in [5, 5.41) is 9.77. The topological polar surface area (TPSA) is 102 Å². The van der Waals surface area contributed by atoms with Crippen LogP contribution in [0.2, 0.25) is 0 Å². The molecule has 2 aromatic rings. The number of sulfone groups is 1. The van der Waals surface area contributed by atoms with Crippen molar-refractivity contribution in [3.63, 3.8) is 0 Å². The van der Waals surface area contributed by atoms with Gasteiger partial charge in [-0.2, -0.15) is 0 Å². The molecule has 0 aliphatic rings. The molecule has 0 unspecified atom stereocenters. The lowest BCUT2D eigenvalue weighted by Crippen LogP contribution is -2.25. The molecule has 8 heteroatoms. The molecule has 1 aromatic carbocycles. The predicted octanol–water partition coefficient (Wildman–Crippen LogP) is 1.92. The Balaban J connectivity index is 1.66. The van der Waals surface area contributed by atoms with Gasteiger partial charge in [0.2, 0.25) is 15.7 Å². The molecule has 0 fully saturated rings. The SMILES string of the molecule is Cc1ccccc1C(=O)NCCCCCc1nnc(S(C)(=O)=O)o1. The lowest BCUT2D eigenvalue weighted by atomic mass is 10.1. The van der Waals surface area contributed by atoms with Crippen molar-refractivity contribution in [2.45, 2.75) is 37.8 Å². The minimum Gasteiger partial charge on any atom is -0.413 e. The number of hydrogen-bond acceptors (Lipinski definition) is 6. The monoisotopic (exact) mass is 351 g/mol. The van der Waals surface area contributed by atoms with Crippen LogP contribution in [0.1, 0.15) is 41.1 Å². The summed E-state index contributed by atoms with van der Waals surface area (Å²) in [5.74, 6) is 0.252. The second-order valence-corrected chi connectivity index (χ2v) is 7.51. The normalized spacial score (nSPS) is 11.4. The molecule has 2 rings (SSSR count). The van der Waals surface area contributed by atoms with Crippen molar-refractivity contribution in [3.8, 4) is 0 Å². The Morgan fingerprint density at radius 3 is 2.58 bits per heavy atom. The zero-order valence-corrected chi connectivity index (χ0v) is 14.6. The van der Waals surface area contributed by atoms with E-state index in [1.807, 2.05) is 25.1 Å². The van der Waals surface area contributed by atoms with Crippen LogP contribution in [0.15, 0.2) is 33.9 Å². The Labute approximate surface area is 141 Å². The van der Waals surface area contributed by atoms with Crippen molar-refractivity contribution in [3.05, 3.63) is 41.3 Å². The Morgan fingerprint density at radius 2 is 1.92 bits per heavy atom. The fourth-order valence-electron chi connectivity index (χ4n) is 2.19. The first-order valence-corrected chi connectivity index (χ1v) is 9.63. The number of rotatable bonds is 8. The molecule has 24 heavy (non-hydrogen) atoms. The van der Waals surface area contributed by atoms with Crippen LogP contribution in [0.4, 0.5) is 0 Å². The summed E-state index contributed by atoms with van der Waals surface area (Å²) < 4.78 is 27.5. The number of amides is 1. The van der Waals surface area contributed by atoms with E-state index >= 15 is 0 Å². The summed E-state index contributed by atoms with van der Waals surface area (Å²) in [5.41, 5.74) is 1.64. The number of aromatic nitrogens is 2. The van der Waals surface area contributed by atoms with Gasteiger partial charge in [0.1, 0.15) is 0 Å². The highest BCUT2D eigenvalue weighted by molar-refractivity contribution is 7.90. The summed E-state index contributed by atoms with van der Waals surface area (Å²) in [6.07, 6.45) is 4.02. The highest BCUT2D eigenvalue weighted by Gasteiger charge is 2.16. The van der Waals surface area contributed by atoms with Gasteiger partial charge in [0.05, 0.1) is 0 Å². The van der Waals surface area contributed by atoms with Gasteiger partial charge in [-0.05, 0) is 31.4 Å². The number of unbranched alkanes of at least 4 members (excludes halogenated alkanes) is 2. The number of nitrogens with one attached hydrogen (secondary N) is 1. The van der Waals surface area contributed by atoms with Gasteiger partial charge in [-0.25, -0.2) is 8.42 Å². The number of nitrogens with zero attached hydrogens (tertiary/aromatic N) is 2. The Hall–Kier alpha value is -2.22. The first kappa shape index (κ1) is 18.1. The number of hydrogen-bond donors (Lipinski definition) is 1. The third kappa shape index (κ3) is 5.16. The van der Waals surface area contributed by atoms with Crippen LogP contribution < -0.4 is 5.32 Å². The molecule has 0 radical (unpaired) electrons. The van der Waals surface area contributed by atoms with E-state index < -0.39 is 9.84 Å². The summed E-state index contributed by atoms with van der Waals surface area (Å²) >= 11 is 0. The highest BCUT2D eigenvalue weighted by Crippen LogP contribution is 2.10. The minimum absolute atomic E-state index is 0.0669. The third-order valence-electron chi connectivity index (χ3n) is 3.51. The van der Waals surface area contributed by atoms with Crippen LogP contribution in [0.3, 0.4) is 0 Å². The average Bonchev–Trinajstić information content (AvgIpc) is 3.00. The van der Waals surface area contributed by atoms with Crippen molar-refractivity contribution in [1.82, 2.24) is 15.5 Å².